The van der Waals surface area contributed by atoms with E-state index in [1.165, 1.54) is 12.8 Å². The van der Waals surface area contributed by atoms with Crippen molar-refractivity contribution >= 4 is 0 Å². The Balaban J connectivity index is 2.20. The zero-order valence-electron chi connectivity index (χ0n) is 5.51. The molecule has 0 aliphatic carbocycles. The molecule has 1 rings (SSSR count). The molecule has 1 fully saturated rings. The summed E-state index contributed by atoms with van der Waals surface area (Å²) in [6, 6.07) is 0. The van der Waals surface area contributed by atoms with Gasteiger partial charge in [-0.1, -0.05) is 0 Å². The fourth-order valence-corrected chi connectivity index (χ4v) is 0.927. The average Bonchev–Trinajstić information content (AvgIpc) is 1.79. The van der Waals surface area contributed by atoms with Gasteiger partial charge in [0.05, 0.1) is 4.91 Å². The van der Waals surface area contributed by atoms with Crippen molar-refractivity contribution in [3.63, 3.8) is 0 Å². The lowest BCUT2D eigenvalue weighted by Gasteiger charge is -2.00. The SMILES string of the molecule is O=[N+]1CCCCCCO1. The summed E-state index contributed by atoms with van der Waals surface area (Å²) in [7, 11) is 0. The molecule has 3 nitrogen and oxygen atoms in total. The van der Waals surface area contributed by atoms with Crippen LogP contribution in [0.25, 0.3) is 0 Å². The molecule has 1 aliphatic rings. The van der Waals surface area contributed by atoms with E-state index in [9.17, 15) is 4.91 Å². The smallest absolute Gasteiger partial charge is 0.232 e. The topological polar surface area (TPSA) is 29.3 Å². The number of hydrogen-bond donors (Lipinski definition) is 0. The van der Waals surface area contributed by atoms with E-state index in [-0.39, 0.29) is 0 Å². The van der Waals surface area contributed by atoms with Crippen LogP contribution in [0, 0.1) is 4.91 Å². The number of nitrogens with zero attached hydrogens (tertiary/aromatic N) is 1. The lowest BCUT2D eigenvalue weighted by atomic mass is 10.2. The molecule has 1 aliphatic heterocycles. The third-order valence-electron chi connectivity index (χ3n) is 1.47. The van der Waals surface area contributed by atoms with Crippen LogP contribution in [-0.2, 0) is 4.84 Å². The van der Waals surface area contributed by atoms with E-state index >= 15 is 0 Å². The minimum atomic E-state index is 0.542. The van der Waals surface area contributed by atoms with Gasteiger partial charge in [-0.3, -0.25) is 0 Å². The molecule has 3 heteroatoms. The molecule has 52 valence electrons. The molecule has 0 saturated carbocycles. The Hall–Kier alpha value is -0.600. The van der Waals surface area contributed by atoms with Crippen molar-refractivity contribution in [1.29, 1.82) is 0 Å². The Bertz CT molecular complexity index is 93.2. The number of rotatable bonds is 0. The highest BCUT2D eigenvalue weighted by Crippen LogP contribution is 2.03. The van der Waals surface area contributed by atoms with Gasteiger partial charge in [-0.05, 0) is 19.3 Å². The summed E-state index contributed by atoms with van der Waals surface area (Å²) in [5.74, 6) is 0. The second-order valence-corrected chi connectivity index (χ2v) is 2.30. The molecule has 0 bridgehead atoms. The Morgan fingerprint density at radius 2 is 1.89 bits per heavy atom. The van der Waals surface area contributed by atoms with Gasteiger partial charge in [-0.25, -0.2) is 4.84 Å². The summed E-state index contributed by atoms with van der Waals surface area (Å²) in [5.41, 5.74) is 0. The maximum atomic E-state index is 10.5. The zero-order chi connectivity index (χ0) is 6.53. The quantitative estimate of drug-likeness (QED) is 0.494. The average molecular weight is 130 g/mol. The van der Waals surface area contributed by atoms with Crippen molar-refractivity contribution < 1.29 is 9.76 Å². The molecule has 0 amide bonds. The molecule has 0 unspecified atom stereocenters. The molecule has 9 heavy (non-hydrogen) atoms. The van der Waals surface area contributed by atoms with Gasteiger partial charge in [-0.15, -0.1) is 0 Å². The van der Waals surface area contributed by atoms with E-state index in [1.54, 1.807) is 0 Å². The van der Waals surface area contributed by atoms with Gasteiger partial charge < -0.3 is 0 Å². The van der Waals surface area contributed by atoms with Gasteiger partial charge in [0.1, 0.15) is 0 Å². The predicted octanol–water partition coefficient (Wildman–Crippen LogP) is 1.27. The molecule has 0 atom stereocenters. The highest BCUT2D eigenvalue weighted by atomic mass is 16.8. The second kappa shape index (κ2) is 3.43. The van der Waals surface area contributed by atoms with E-state index in [0.29, 0.717) is 18.1 Å². The zero-order valence-corrected chi connectivity index (χ0v) is 5.51. The van der Waals surface area contributed by atoms with Gasteiger partial charge in [0.2, 0.25) is 11.5 Å². The first-order valence-corrected chi connectivity index (χ1v) is 3.47. The van der Waals surface area contributed by atoms with Crippen molar-refractivity contribution in [2.75, 3.05) is 13.2 Å². The van der Waals surface area contributed by atoms with Crippen LogP contribution in [0.1, 0.15) is 25.7 Å². The molecule has 0 aromatic carbocycles. The summed E-state index contributed by atoms with van der Waals surface area (Å²) in [4.78, 5) is 16.0. The Kier molecular flexibility index (Phi) is 2.48. The van der Waals surface area contributed by atoms with Crippen LogP contribution in [0.5, 0.6) is 0 Å². The molecule has 0 radical (unpaired) electrons. The predicted molar refractivity (Wildman–Crippen MR) is 32.9 cm³/mol. The van der Waals surface area contributed by atoms with E-state index in [1.807, 2.05) is 0 Å². The second-order valence-electron chi connectivity index (χ2n) is 2.30. The lowest BCUT2D eigenvalue weighted by Crippen LogP contribution is -2.14. The molecule has 0 aromatic rings. The lowest BCUT2D eigenvalue weighted by molar-refractivity contribution is -0.804. The molecular weight excluding hydrogens is 118 g/mol. The first kappa shape index (κ1) is 6.52. The van der Waals surface area contributed by atoms with Crippen LogP contribution in [0.2, 0.25) is 0 Å². The molecule has 1 saturated heterocycles. The Labute approximate surface area is 54.5 Å². The molecule has 0 spiro atoms. The van der Waals surface area contributed by atoms with Crippen LogP contribution >= 0.6 is 0 Å². The highest BCUT2D eigenvalue weighted by molar-refractivity contribution is 4.41. The van der Waals surface area contributed by atoms with E-state index in [4.69, 9.17) is 4.84 Å². The van der Waals surface area contributed by atoms with Gasteiger partial charge >= 0.3 is 0 Å². The van der Waals surface area contributed by atoms with Gasteiger partial charge in [0.25, 0.3) is 0 Å². The van der Waals surface area contributed by atoms with Crippen molar-refractivity contribution in [2.24, 2.45) is 0 Å². The summed E-state index contributed by atoms with van der Waals surface area (Å²) in [6.45, 7) is 1.14. The standard InChI is InChI=1S/C6H12NO2/c8-7-5-3-1-2-4-6-9-7/h1-6H2/q+1. The molecule has 1 heterocycles. The van der Waals surface area contributed by atoms with Crippen LogP contribution in [-0.4, -0.2) is 18.1 Å². The maximum absolute atomic E-state index is 10.5. The first-order chi connectivity index (χ1) is 4.39. The van der Waals surface area contributed by atoms with Crippen molar-refractivity contribution in [1.82, 2.24) is 0 Å². The van der Waals surface area contributed by atoms with Crippen molar-refractivity contribution in [3.8, 4) is 0 Å². The molecular formula is C6H12NO2+. The molecule has 0 aromatic heterocycles. The van der Waals surface area contributed by atoms with E-state index in [2.05, 4.69) is 0 Å². The fraction of sp³-hybridized carbons (Fsp3) is 1.00. The third kappa shape index (κ3) is 2.44. The van der Waals surface area contributed by atoms with Gasteiger partial charge in [0, 0.05) is 6.42 Å². The minimum Gasteiger partial charge on any atom is -0.232 e. The minimum absolute atomic E-state index is 0.542. The normalized spacial score (nSPS) is 22.0. The van der Waals surface area contributed by atoms with Crippen molar-refractivity contribution in [3.05, 3.63) is 4.91 Å². The third-order valence-corrected chi connectivity index (χ3v) is 1.47. The van der Waals surface area contributed by atoms with Crippen molar-refractivity contribution in [2.45, 2.75) is 25.7 Å². The largest absolute Gasteiger partial charge is 0.248 e. The highest BCUT2D eigenvalue weighted by Gasteiger charge is 2.11. The van der Waals surface area contributed by atoms with Gasteiger partial charge in [-0.2, -0.15) is 0 Å². The van der Waals surface area contributed by atoms with Crippen LogP contribution in [0.3, 0.4) is 0 Å². The number of hydrogen-bond acceptors (Lipinski definition) is 2. The molecule has 0 N–H and O–H groups in total. The van der Waals surface area contributed by atoms with E-state index in [0.717, 1.165) is 12.8 Å². The fourth-order valence-electron chi connectivity index (χ4n) is 0.927. The van der Waals surface area contributed by atoms with Crippen LogP contribution < -0.4 is 0 Å². The maximum Gasteiger partial charge on any atom is 0.248 e. The Morgan fingerprint density at radius 1 is 1.11 bits per heavy atom. The van der Waals surface area contributed by atoms with Crippen LogP contribution in [0.15, 0.2) is 0 Å². The summed E-state index contributed by atoms with van der Waals surface area (Å²) in [6.07, 6.45) is 4.37. The van der Waals surface area contributed by atoms with Crippen LogP contribution in [0.4, 0.5) is 0 Å². The summed E-state index contributed by atoms with van der Waals surface area (Å²) < 4.78 is 0. The summed E-state index contributed by atoms with van der Waals surface area (Å²) >= 11 is 0. The Morgan fingerprint density at radius 3 is 2.78 bits per heavy atom. The van der Waals surface area contributed by atoms with E-state index < -0.39 is 0 Å². The monoisotopic (exact) mass is 130 g/mol. The van der Waals surface area contributed by atoms with Gasteiger partial charge in [0.15, 0.2) is 6.61 Å². The summed E-state index contributed by atoms with van der Waals surface area (Å²) in [5, 5.41) is 0. The first-order valence-electron chi connectivity index (χ1n) is 3.47.